The zero-order valence-electron chi connectivity index (χ0n) is 12.9. The summed E-state index contributed by atoms with van der Waals surface area (Å²) in [6.45, 7) is 4.45. The highest BCUT2D eigenvalue weighted by atomic mass is 19.3. The maximum Gasteiger partial charge on any atom is 0.387 e. The molecule has 0 aliphatic heterocycles. The van der Waals surface area contributed by atoms with Crippen LogP contribution in [0.1, 0.15) is 45.2 Å². The van der Waals surface area contributed by atoms with Crippen LogP contribution in [0.3, 0.4) is 0 Å². The smallest absolute Gasteiger partial charge is 0.387 e. The van der Waals surface area contributed by atoms with Crippen LogP contribution in [0.15, 0.2) is 24.3 Å². The molecule has 0 aliphatic rings. The number of alkyl halides is 2. The Hall–Kier alpha value is -1.20. The van der Waals surface area contributed by atoms with Gasteiger partial charge in [0.2, 0.25) is 0 Å². The molecule has 0 bridgehead atoms. The molecule has 120 valence electrons. The summed E-state index contributed by atoms with van der Waals surface area (Å²) in [4.78, 5) is 0. The summed E-state index contributed by atoms with van der Waals surface area (Å²) in [5, 5.41) is 12.3. The average molecular weight is 301 g/mol. The van der Waals surface area contributed by atoms with E-state index in [1.807, 2.05) is 13.0 Å². The van der Waals surface area contributed by atoms with E-state index in [4.69, 9.17) is 5.11 Å². The van der Waals surface area contributed by atoms with Gasteiger partial charge < -0.3 is 15.2 Å². The van der Waals surface area contributed by atoms with E-state index in [1.165, 1.54) is 6.07 Å². The van der Waals surface area contributed by atoms with Crippen LogP contribution in [0.4, 0.5) is 8.78 Å². The molecule has 1 rings (SSSR count). The first-order chi connectivity index (χ1) is 9.84. The normalized spacial score (nSPS) is 13.5. The fourth-order valence-corrected chi connectivity index (χ4v) is 2.15. The van der Waals surface area contributed by atoms with Crippen molar-refractivity contribution in [2.45, 2.75) is 46.3 Å². The lowest BCUT2D eigenvalue weighted by Crippen LogP contribution is -2.31. The number of hydrogen-bond acceptors (Lipinski definition) is 3. The molecule has 2 N–H and O–H groups in total. The van der Waals surface area contributed by atoms with Crippen molar-refractivity contribution in [2.24, 2.45) is 5.41 Å². The minimum Gasteiger partial charge on any atom is -0.435 e. The molecule has 21 heavy (non-hydrogen) atoms. The SMILES string of the molecule is CC(NCC(C)(C)CCCO)c1cccc(OC(F)F)c1. The van der Waals surface area contributed by atoms with Crippen LogP contribution in [0.2, 0.25) is 0 Å². The van der Waals surface area contributed by atoms with Crippen molar-refractivity contribution in [3.05, 3.63) is 29.8 Å². The second-order valence-electron chi connectivity index (χ2n) is 6.04. The number of halogens is 2. The summed E-state index contributed by atoms with van der Waals surface area (Å²) in [5.41, 5.74) is 0.986. The van der Waals surface area contributed by atoms with Gasteiger partial charge in [-0.15, -0.1) is 0 Å². The van der Waals surface area contributed by atoms with Gasteiger partial charge in [0.05, 0.1) is 0 Å². The first kappa shape index (κ1) is 17.9. The third-order valence-corrected chi connectivity index (χ3v) is 3.48. The van der Waals surface area contributed by atoms with Gasteiger partial charge in [-0.1, -0.05) is 26.0 Å². The molecule has 0 aliphatic carbocycles. The van der Waals surface area contributed by atoms with E-state index in [0.29, 0.717) is 0 Å². The number of aliphatic hydroxyl groups excluding tert-OH is 1. The highest BCUT2D eigenvalue weighted by Gasteiger charge is 2.18. The average Bonchev–Trinajstić information content (AvgIpc) is 2.42. The highest BCUT2D eigenvalue weighted by Crippen LogP contribution is 2.24. The van der Waals surface area contributed by atoms with Gasteiger partial charge >= 0.3 is 6.61 Å². The third-order valence-electron chi connectivity index (χ3n) is 3.48. The molecule has 3 nitrogen and oxygen atoms in total. The van der Waals surface area contributed by atoms with Gasteiger partial charge in [-0.3, -0.25) is 0 Å². The van der Waals surface area contributed by atoms with Gasteiger partial charge in [0.25, 0.3) is 0 Å². The molecule has 0 spiro atoms. The highest BCUT2D eigenvalue weighted by molar-refractivity contribution is 5.30. The van der Waals surface area contributed by atoms with Gasteiger partial charge in [-0.05, 0) is 42.9 Å². The molecular weight excluding hydrogens is 276 g/mol. The summed E-state index contributed by atoms with van der Waals surface area (Å²) in [6, 6.07) is 6.79. The molecule has 0 fully saturated rings. The zero-order valence-corrected chi connectivity index (χ0v) is 12.9. The molecule has 0 aromatic heterocycles. The van der Waals surface area contributed by atoms with Gasteiger partial charge in [-0.25, -0.2) is 0 Å². The maximum absolute atomic E-state index is 12.2. The molecule has 1 aromatic rings. The Bertz CT molecular complexity index is 424. The Morgan fingerprint density at radius 2 is 2.05 bits per heavy atom. The largest absolute Gasteiger partial charge is 0.435 e. The van der Waals surface area contributed by atoms with Crippen molar-refractivity contribution in [3.63, 3.8) is 0 Å². The molecule has 1 atom stereocenters. The molecule has 0 saturated heterocycles. The van der Waals surface area contributed by atoms with Crippen LogP contribution in [-0.2, 0) is 0 Å². The number of nitrogens with one attached hydrogen (secondary N) is 1. The van der Waals surface area contributed by atoms with Crippen molar-refractivity contribution < 1.29 is 18.6 Å². The lowest BCUT2D eigenvalue weighted by atomic mass is 9.87. The van der Waals surface area contributed by atoms with E-state index in [9.17, 15) is 8.78 Å². The topological polar surface area (TPSA) is 41.5 Å². The summed E-state index contributed by atoms with van der Waals surface area (Å²) in [5.74, 6) is 0.177. The number of hydrogen-bond donors (Lipinski definition) is 2. The zero-order chi connectivity index (χ0) is 15.9. The Kier molecular flexibility index (Phi) is 7.05. The van der Waals surface area contributed by atoms with Crippen LogP contribution >= 0.6 is 0 Å². The van der Waals surface area contributed by atoms with E-state index in [1.54, 1.807) is 12.1 Å². The van der Waals surface area contributed by atoms with E-state index >= 15 is 0 Å². The van der Waals surface area contributed by atoms with E-state index in [0.717, 1.165) is 24.9 Å². The van der Waals surface area contributed by atoms with Crippen molar-refractivity contribution in [1.82, 2.24) is 5.32 Å². The fourth-order valence-electron chi connectivity index (χ4n) is 2.15. The Balaban J connectivity index is 2.57. The van der Waals surface area contributed by atoms with Crippen LogP contribution in [0, 0.1) is 5.41 Å². The maximum atomic E-state index is 12.2. The monoisotopic (exact) mass is 301 g/mol. The molecule has 0 heterocycles. The van der Waals surface area contributed by atoms with E-state index in [-0.39, 0.29) is 23.8 Å². The van der Waals surface area contributed by atoms with Crippen molar-refractivity contribution >= 4 is 0 Å². The third kappa shape index (κ3) is 6.87. The molecule has 0 amide bonds. The van der Waals surface area contributed by atoms with Crippen molar-refractivity contribution in [2.75, 3.05) is 13.2 Å². The van der Waals surface area contributed by atoms with E-state index in [2.05, 4.69) is 23.9 Å². The first-order valence-electron chi connectivity index (χ1n) is 7.23. The summed E-state index contributed by atoms with van der Waals surface area (Å²) >= 11 is 0. The lowest BCUT2D eigenvalue weighted by Gasteiger charge is -2.27. The second-order valence-corrected chi connectivity index (χ2v) is 6.04. The molecule has 0 radical (unpaired) electrons. The fraction of sp³-hybridized carbons (Fsp3) is 0.625. The summed E-state index contributed by atoms with van der Waals surface area (Å²) in [6.07, 6.45) is 1.71. The minimum absolute atomic E-state index is 0.0413. The van der Waals surface area contributed by atoms with Crippen LogP contribution in [0.5, 0.6) is 5.75 Å². The predicted molar refractivity (Wildman–Crippen MR) is 79.6 cm³/mol. The molecule has 0 saturated carbocycles. The van der Waals surface area contributed by atoms with Gasteiger partial charge in [-0.2, -0.15) is 8.78 Å². The second kappa shape index (κ2) is 8.29. The Morgan fingerprint density at radius 3 is 2.67 bits per heavy atom. The molecule has 1 aromatic carbocycles. The Labute approximate surface area is 125 Å². The van der Waals surface area contributed by atoms with Gasteiger partial charge in [0.1, 0.15) is 5.75 Å². The first-order valence-corrected chi connectivity index (χ1v) is 7.23. The molecule has 1 unspecified atom stereocenters. The van der Waals surface area contributed by atoms with Crippen molar-refractivity contribution in [3.8, 4) is 5.75 Å². The lowest BCUT2D eigenvalue weighted by molar-refractivity contribution is -0.0499. The summed E-state index contributed by atoms with van der Waals surface area (Å²) < 4.78 is 28.9. The van der Waals surface area contributed by atoms with Crippen LogP contribution < -0.4 is 10.1 Å². The van der Waals surface area contributed by atoms with Crippen LogP contribution in [-0.4, -0.2) is 24.9 Å². The number of ether oxygens (including phenoxy) is 1. The van der Waals surface area contributed by atoms with E-state index < -0.39 is 6.61 Å². The van der Waals surface area contributed by atoms with Gasteiger partial charge in [0.15, 0.2) is 0 Å². The minimum atomic E-state index is -2.80. The predicted octanol–water partition coefficient (Wildman–Crippen LogP) is 3.74. The van der Waals surface area contributed by atoms with Crippen molar-refractivity contribution in [1.29, 1.82) is 0 Å². The summed E-state index contributed by atoms with van der Waals surface area (Å²) in [7, 11) is 0. The van der Waals surface area contributed by atoms with Gasteiger partial charge in [0, 0.05) is 19.2 Å². The number of benzene rings is 1. The molecular formula is C16H25F2NO2. The number of aliphatic hydroxyl groups is 1. The standard InChI is InChI=1S/C16H25F2NO2/c1-12(19-11-16(2,3)8-5-9-20)13-6-4-7-14(10-13)21-15(17)18/h4,6-7,10,12,15,19-20H,5,8-9,11H2,1-3H3. The molecule has 5 heteroatoms. The number of rotatable bonds is 9. The quantitative estimate of drug-likeness (QED) is 0.730. The Morgan fingerprint density at radius 1 is 1.33 bits per heavy atom. The van der Waals surface area contributed by atoms with Crippen LogP contribution in [0.25, 0.3) is 0 Å².